The zero-order chi connectivity index (χ0) is 12.3. The van der Waals surface area contributed by atoms with Crippen LogP contribution in [0.2, 0.25) is 0 Å². The van der Waals surface area contributed by atoms with Crippen LogP contribution in [-0.2, 0) is 16.0 Å². The minimum Gasteiger partial charge on any atom is -0.460 e. The van der Waals surface area contributed by atoms with E-state index in [2.05, 4.69) is 4.98 Å². The van der Waals surface area contributed by atoms with Crippen LogP contribution in [0, 0.1) is 6.92 Å². The molecule has 0 bridgehead atoms. The zero-order valence-electron chi connectivity index (χ0n) is 10.2. The maximum atomic E-state index is 11.5. The number of carbonyl (C=O) groups is 1. The van der Waals surface area contributed by atoms with Crippen molar-refractivity contribution in [2.75, 3.05) is 5.73 Å². The summed E-state index contributed by atoms with van der Waals surface area (Å²) >= 11 is 0. The Morgan fingerprint density at radius 1 is 1.50 bits per heavy atom. The van der Waals surface area contributed by atoms with E-state index in [0.717, 1.165) is 11.1 Å². The molecule has 1 aromatic rings. The third kappa shape index (κ3) is 3.88. The molecule has 88 valence electrons. The number of rotatable bonds is 2. The molecule has 0 amide bonds. The van der Waals surface area contributed by atoms with E-state index in [-0.39, 0.29) is 12.4 Å². The molecular formula is C12H18N2O2. The first-order valence-electron chi connectivity index (χ1n) is 5.21. The molecule has 0 atom stereocenters. The largest absolute Gasteiger partial charge is 0.460 e. The topological polar surface area (TPSA) is 65.2 Å². The Morgan fingerprint density at radius 3 is 2.62 bits per heavy atom. The summed E-state index contributed by atoms with van der Waals surface area (Å²) in [5.74, 6) is 0.242. The van der Waals surface area contributed by atoms with Gasteiger partial charge in [0.15, 0.2) is 0 Å². The molecule has 0 spiro atoms. The number of nitrogens with two attached hydrogens (primary N) is 1. The Balaban J connectivity index is 2.67. The fourth-order valence-electron chi connectivity index (χ4n) is 1.28. The number of pyridine rings is 1. The average molecular weight is 222 g/mol. The molecule has 1 heterocycles. The van der Waals surface area contributed by atoms with Gasteiger partial charge < -0.3 is 10.5 Å². The molecule has 1 aromatic heterocycles. The van der Waals surface area contributed by atoms with Crippen molar-refractivity contribution in [1.82, 2.24) is 4.98 Å². The van der Waals surface area contributed by atoms with Crippen LogP contribution in [0.25, 0.3) is 0 Å². The van der Waals surface area contributed by atoms with Crippen LogP contribution in [0.1, 0.15) is 31.9 Å². The van der Waals surface area contributed by atoms with Crippen molar-refractivity contribution in [3.63, 3.8) is 0 Å². The smallest absolute Gasteiger partial charge is 0.310 e. The summed E-state index contributed by atoms with van der Waals surface area (Å²) in [6, 6.07) is 1.85. The zero-order valence-corrected chi connectivity index (χ0v) is 10.2. The van der Waals surface area contributed by atoms with Crippen LogP contribution >= 0.6 is 0 Å². The quantitative estimate of drug-likeness (QED) is 0.776. The molecule has 0 unspecified atom stereocenters. The Morgan fingerprint density at radius 2 is 2.12 bits per heavy atom. The summed E-state index contributed by atoms with van der Waals surface area (Å²) in [6.07, 6.45) is 1.83. The summed E-state index contributed by atoms with van der Waals surface area (Å²) in [6.45, 7) is 7.40. The van der Waals surface area contributed by atoms with Crippen molar-refractivity contribution in [2.45, 2.75) is 39.7 Å². The summed E-state index contributed by atoms with van der Waals surface area (Å²) in [5, 5.41) is 0. The maximum absolute atomic E-state index is 11.5. The van der Waals surface area contributed by atoms with Crippen LogP contribution in [0.5, 0.6) is 0 Å². The molecule has 4 nitrogen and oxygen atoms in total. The first kappa shape index (κ1) is 12.5. The number of nitrogen functional groups attached to an aromatic ring is 1. The summed E-state index contributed by atoms with van der Waals surface area (Å²) in [5.41, 5.74) is 6.84. The van der Waals surface area contributed by atoms with E-state index >= 15 is 0 Å². The fraction of sp³-hybridized carbons (Fsp3) is 0.500. The molecule has 0 aliphatic carbocycles. The molecule has 0 aliphatic heterocycles. The minimum absolute atomic E-state index is 0.228. The number of nitrogens with zero attached hydrogens (tertiary/aromatic N) is 1. The number of hydrogen-bond acceptors (Lipinski definition) is 4. The van der Waals surface area contributed by atoms with Crippen molar-refractivity contribution in [1.29, 1.82) is 0 Å². The number of aryl methyl sites for hydroxylation is 1. The van der Waals surface area contributed by atoms with Crippen LogP contribution in [0.4, 0.5) is 5.82 Å². The van der Waals surface area contributed by atoms with Gasteiger partial charge in [-0.2, -0.15) is 0 Å². The number of ether oxygens (including phenoxy) is 1. The van der Waals surface area contributed by atoms with E-state index < -0.39 is 5.60 Å². The Hall–Kier alpha value is -1.58. The van der Waals surface area contributed by atoms with Crippen molar-refractivity contribution in [2.24, 2.45) is 0 Å². The van der Waals surface area contributed by atoms with E-state index in [1.165, 1.54) is 0 Å². The van der Waals surface area contributed by atoms with E-state index in [1.54, 1.807) is 6.20 Å². The highest BCUT2D eigenvalue weighted by Gasteiger charge is 2.16. The van der Waals surface area contributed by atoms with Crippen molar-refractivity contribution < 1.29 is 9.53 Å². The molecule has 16 heavy (non-hydrogen) atoms. The lowest BCUT2D eigenvalue weighted by Gasteiger charge is -2.19. The van der Waals surface area contributed by atoms with Gasteiger partial charge in [-0.1, -0.05) is 6.07 Å². The first-order chi connectivity index (χ1) is 7.28. The van der Waals surface area contributed by atoms with Crippen molar-refractivity contribution in [3.8, 4) is 0 Å². The van der Waals surface area contributed by atoms with Crippen LogP contribution in [0.3, 0.4) is 0 Å². The van der Waals surface area contributed by atoms with Gasteiger partial charge in [0.05, 0.1) is 6.42 Å². The second-order valence-corrected chi connectivity index (χ2v) is 4.81. The normalized spacial score (nSPS) is 11.2. The van der Waals surface area contributed by atoms with Gasteiger partial charge in [0.25, 0.3) is 0 Å². The predicted molar refractivity (Wildman–Crippen MR) is 62.9 cm³/mol. The Bertz CT molecular complexity index is 394. The second-order valence-electron chi connectivity index (χ2n) is 4.81. The van der Waals surface area contributed by atoms with Gasteiger partial charge in [0.2, 0.25) is 0 Å². The molecule has 2 N–H and O–H groups in total. The molecule has 1 rings (SSSR count). The van der Waals surface area contributed by atoms with E-state index in [1.807, 2.05) is 33.8 Å². The highest BCUT2D eigenvalue weighted by atomic mass is 16.6. The molecule has 0 saturated heterocycles. The number of aromatic nitrogens is 1. The lowest BCUT2D eigenvalue weighted by Crippen LogP contribution is -2.25. The molecule has 0 saturated carbocycles. The highest BCUT2D eigenvalue weighted by molar-refractivity contribution is 5.73. The van der Waals surface area contributed by atoms with E-state index in [0.29, 0.717) is 5.82 Å². The van der Waals surface area contributed by atoms with Gasteiger partial charge in [-0.25, -0.2) is 4.98 Å². The van der Waals surface area contributed by atoms with Gasteiger partial charge in [0, 0.05) is 6.20 Å². The standard InChI is InChI=1S/C12H18N2O2/c1-8-5-9(7-14-11(8)13)6-10(15)16-12(2,3)4/h5,7H,6H2,1-4H3,(H2,13,14). The number of hydrogen-bond donors (Lipinski definition) is 1. The number of esters is 1. The molecule has 0 aromatic carbocycles. The molecular weight excluding hydrogens is 204 g/mol. The van der Waals surface area contributed by atoms with Crippen molar-refractivity contribution >= 4 is 11.8 Å². The molecule has 0 radical (unpaired) electrons. The molecule has 4 heteroatoms. The summed E-state index contributed by atoms with van der Waals surface area (Å²) < 4.78 is 5.21. The summed E-state index contributed by atoms with van der Waals surface area (Å²) in [7, 11) is 0. The number of carbonyl (C=O) groups excluding carboxylic acids is 1. The molecule has 0 aliphatic rings. The second kappa shape index (κ2) is 4.51. The predicted octanol–water partition coefficient (Wildman–Crippen LogP) is 1.86. The summed E-state index contributed by atoms with van der Waals surface area (Å²) in [4.78, 5) is 15.5. The van der Waals surface area contributed by atoms with Gasteiger partial charge in [-0.3, -0.25) is 4.79 Å². The molecule has 0 fully saturated rings. The van der Waals surface area contributed by atoms with Crippen LogP contribution < -0.4 is 5.73 Å². The van der Waals surface area contributed by atoms with Gasteiger partial charge in [0.1, 0.15) is 11.4 Å². The highest BCUT2D eigenvalue weighted by Crippen LogP contribution is 2.12. The minimum atomic E-state index is -0.451. The lowest BCUT2D eigenvalue weighted by molar-refractivity contribution is -0.153. The SMILES string of the molecule is Cc1cc(CC(=O)OC(C)(C)C)cnc1N. The van der Waals surface area contributed by atoms with E-state index in [4.69, 9.17) is 10.5 Å². The average Bonchev–Trinajstić information content (AvgIpc) is 2.08. The van der Waals surface area contributed by atoms with Gasteiger partial charge in [-0.15, -0.1) is 0 Å². The maximum Gasteiger partial charge on any atom is 0.310 e. The Kier molecular flexibility index (Phi) is 3.52. The third-order valence-electron chi connectivity index (χ3n) is 1.94. The van der Waals surface area contributed by atoms with Crippen LogP contribution in [0.15, 0.2) is 12.3 Å². The third-order valence-corrected chi connectivity index (χ3v) is 1.94. The lowest BCUT2D eigenvalue weighted by atomic mass is 10.1. The van der Waals surface area contributed by atoms with Gasteiger partial charge in [-0.05, 0) is 38.8 Å². The Labute approximate surface area is 95.8 Å². The van der Waals surface area contributed by atoms with E-state index in [9.17, 15) is 4.79 Å². The monoisotopic (exact) mass is 222 g/mol. The van der Waals surface area contributed by atoms with Crippen LogP contribution in [-0.4, -0.2) is 16.6 Å². The van der Waals surface area contributed by atoms with Crippen molar-refractivity contribution in [3.05, 3.63) is 23.4 Å². The first-order valence-corrected chi connectivity index (χ1v) is 5.21. The van der Waals surface area contributed by atoms with Gasteiger partial charge >= 0.3 is 5.97 Å². The fourth-order valence-corrected chi connectivity index (χ4v) is 1.28. The number of anilines is 1.